The average molecular weight is 396 g/mol. The molecule has 0 aromatic heterocycles. The highest BCUT2D eigenvalue weighted by Gasteiger charge is 2.35. The highest BCUT2D eigenvalue weighted by atomic mass is 32.2. The molecular weight excluding hydrogens is 376 g/mol. The molecule has 1 amide bonds. The van der Waals surface area contributed by atoms with Gasteiger partial charge in [-0.3, -0.25) is 4.79 Å². The van der Waals surface area contributed by atoms with Crippen molar-refractivity contribution in [1.29, 1.82) is 0 Å². The monoisotopic (exact) mass is 396 g/mol. The van der Waals surface area contributed by atoms with Gasteiger partial charge in [0.15, 0.2) is 0 Å². The van der Waals surface area contributed by atoms with Crippen LogP contribution in [-0.2, 0) is 27.5 Å². The maximum absolute atomic E-state index is 13.1. The van der Waals surface area contributed by atoms with Crippen molar-refractivity contribution in [1.82, 2.24) is 9.62 Å². The SMILES string of the molecule is CCS(=O)(=O)N1CCCC(C(=O)NCc2ccc(F)cc2C(F)(F)F)C1. The first-order valence-corrected chi connectivity index (χ1v) is 9.76. The number of rotatable bonds is 5. The molecule has 5 nitrogen and oxygen atoms in total. The summed E-state index contributed by atoms with van der Waals surface area (Å²) < 4.78 is 77.1. The van der Waals surface area contributed by atoms with Gasteiger partial charge in [0.05, 0.1) is 17.2 Å². The molecule has 2 rings (SSSR count). The van der Waals surface area contributed by atoms with E-state index >= 15 is 0 Å². The Kier molecular flexibility index (Phi) is 6.28. The number of hydrogen-bond donors (Lipinski definition) is 1. The lowest BCUT2D eigenvalue weighted by molar-refractivity contribution is -0.138. The predicted octanol–water partition coefficient (Wildman–Crippen LogP) is 2.52. The number of hydrogen-bond acceptors (Lipinski definition) is 3. The van der Waals surface area contributed by atoms with E-state index in [1.54, 1.807) is 0 Å². The molecule has 26 heavy (non-hydrogen) atoms. The molecule has 0 aliphatic carbocycles. The van der Waals surface area contributed by atoms with Gasteiger partial charge in [0, 0.05) is 19.6 Å². The number of amides is 1. The number of nitrogens with zero attached hydrogens (tertiary/aromatic N) is 1. The predicted molar refractivity (Wildman–Crippen MR) is 87.0 cm³/mol. The van der Waals surface area contributed by atoms with Crippen LogP contribution in [0.4, 0.5) is 17.6 Å². The van der Waals surface area contributed by atoms with Crippen LogP contribution in [-0.4, -0.2) is 37.5 Å². The van der Waals surface area contributed by atoms with E-state index in [4.69, 9.17) is 0 Å². The minimum Gasteiger partial charge on any atom is -0.352 e. The number of halogens is 4. The van der Waals surface area contributed by atoms with E-state index in [-0.39, 0.29) is 17.9 Å². The average Bonchev–Trinajstić information content (AvgIpc) is 2.59. The van der Waals surface area contributed by atoms with Crippen LogP contribution >= 0.6 is 0 Å². The zero-order valence-electron chi connectivity index (χ0n) is 14.1. The van der Waals surface area contributed by atoms with Gasteiger partial charge in [-0.2, -0.15) is 13.2 Å². The van der Waals surface area contributed by atoms with E-state index in [0.29, 0.717) is 25.5 Å². The molecule has 1 aromatic carbocycles. The Hall–Kier alpha value is -1.68. The number of alkyl halides is 3. The van der Waals surface area contributed by atoms with Crippen molar-refractivity contribution in [3.8, 4) is 0 Å². The molecule has 0 saturated carbocycles. The quantitative estimate of drug-likeness (QED) is 0.778. The Morgan fingerprint density at radius 3 is 2.65 bits per heavy atom. The number of piperidine rings is 1. The molecule has 0 spiro atoms. The van der Waals surface area contributed by atoms with Gasteiger partial charge in [0.2, 0.25) is 15.9 Å². The summed E-state index contributed by atoms with van der Waals surface area (Å²) in [5.41, 5.74) is -1.39. The molecule has 1 aliphatic rings. The minimum absolute atomic E-state index is 0.0115. The smallest absolute Gasteiger partial charge is 0.352 e. The molecule has 1 heterocycles. The molecule has 1 unspecified atom stereocenters. The maximum atomic E-state index is 13.1. The van der Waals surface area contributed by atoms with Crippen LogP contribution in [0.3, 0.4) is 0 Å². The Bertz CT molecular complexity index is 765. The molecule has 0 radical (unpaired) electrons. The third kappa shape index (κ3) is 4.94. The fourth-order valence-electron chi connectivity index (χ4n) is 2.89. The standard InChI is InChI=1S/C16H20F4N2O3S/c1-2-26(24,25)22-7-3-4-12(10-22)15(23)21-9-11-5-6-13(17)8-14(11)16(18,19)20/h5-6,8,12H,2-4,7,9-10H2,1H3,(H,21,23). The topological polar surface area (TPSA) is 66.5 Å². The van der Waals surface area contributed by atoms with E-state index in [9.17, 15) is 30.8 Å². The third-order valence-electron chi connectivity index (χ3n) is 4.34. The van der Waals surface area contributed by atoms with Crippen LogP contribution in [0.5, 0.6) is 0 Å². The van der Waals surface area contributed by atoms with Crippen LogP contribution in [0.15, 0.2) is 18.2 Å². The summed E-state index contributed by atoms with van der Waals surface area (Å²) in [4.78, 5) is 12.3. The lowest BCUT2D eigenvalue weighted by atomic mass is 9.98. The summed E-state index contributed by atoms with van der Waals surface area (Å²) in [5.74, 6) is -2.23. The fraction of sp³-hybridized carbons (Fsp3) is 0.562. The van der Waals surface area contributed by atoms with Crippen LogP contribution < -0.4 is 5.32 Å². The van der Waals surface area contributed by atoms with Crippen molar-refractivity contribution in [2.75, 3.05) is 18.8 Å². The third-order valence-corrected chi connectivity index (χ3v) is 6.19. The minimum atomic E-state index is -4.74. The number of sulfonamides is 1. The zero-order valence-corrected chi connectivity index (χ0v) is 15.0. The summed E-state index contributed by atoms with van der Waals surface area (Å²) in [7, 11) is -3.42. The summed E-state index contributed by atoms with van der Waals surface area (Å²) in [6.07, 6.45) is -3.78. The van der Waals surface area contributed by atoms with Gasteiger partial charge in [-0.25, -0.2) is 17.1 Å². The maximum Gasteiger partial charge on any atom is 0.416 e. The van der Waals surface area contributed by atoms with Gasteiger partial charge in [0.25, 0.3) is 0 Å². The van der Waals surface area contributed by atoms with Crippen LogP contribution in [0.2, 0.25) is 0 Å². The van der Waals surface area contributed by atoms with Crippen molar-refractivity contribution in [2.24, 2.45) is 5.92 Å². The largest absolute Gasteiger partial charge is 0.416 e. The van der Waals surface area contributed by atoms with Crippen molar-refractivity contribution in [3.63, 3.8) is 0 Å². The van der Waals surface area contributed by atoms with E-state index in [0.717, 1.165) is 12.1 Å². The first-order chi connectivity index (χ1) is 12.0. The Balaban J connectivity index is 2.05. The van der Waals surface area contributed by atoms with Crippen molar-refractivity contribution in [2.45, 2.75) is 32.5 Å². The van der Waals surface area contributed by atoms with Gasteiger partial charge in [0.1, 0.15) is 5.82 Å². The summed E-state index contributed by atoms with van der Waals surface area (Å²) >= 11 is 0. The van der Waals surface area contributed by atoms with Crippen LogP contribution in [0.25, 0.3) is 0 Å². The second kappa shape index (κ2) is 7.91. The first-order valence-electron chi connectivity index (χ1n) is 8.15. The van der Waals surface area contributed by atoms with Crippen LogP contribution in [0, 0.1) is 11.7 Å². The molecule has 1 aromatic rings. The van der Waals surface area contributed by atoms with Crippen LogP contribution in [0.1, 0.15) is 30.9 Å². The molecule has 0 bridgehead atoms. The summed E-state index contributed by atoms with van der Waals surface area (Å²) in [6.45, 7) is 1.44. The fourth-order valence-corrected chi connectivity index (χ4v) is 4.06. The molecule has 1 fully saturated rings. The van der Waals surface area contributed by atoms with Gasteiger partial charge < -0.3 is 5.32 Å². The summed E-state index contributed by atoms with van der Waals surface area (Å²) in [5, 5.41) is 2.41. The summed E-state index contributed by atoms with van der Waals surface area (Å²) in [6, 6.07) is 2.26. The van der Waals surface area contributed by atoms with E-state index in [1.165, 1.54) is 11.2 Å². The zero-order chi connectivity index (χ0) is 19.5. The van der Waals surface area contributed by atoms with Crippen molar-refractivity contribution in [3.05, 3.63) is 35.1 Å². The Morgan fingerprint density at radius 1 is 1.35 bits per heavy atom. The highest BCUT2D eigenvalue weighted by Crippen LogP contribution is 2.32. The van der Waals surface area contributed by atoms with Gasteiger partial charge in [-0.15, -0.1) is 0 Å². The van der Waals surface area contributed by atoms with E-state index in [2.05, 4.69) is 5.32 Å². The number of carbonyl (C=O) groups excluding carboxylic acids is 1. The van der Waals surface area contributed by atoms with Crippen molar-refractivity contribution < 1.29 is 30.8 Å². The Morgan fingerprint density at radius 2 is 2.04 bits per heavy atom. The number of nitrogens with one attached hydrogen (secondary N) is 1. The normalized spacial score (nSPS) is 19.3. The second-order valence-electron chi connectivity index (χ2n) is 6.11. The lowest BCUT2D eigenvalue weighted by Gasteiger charge is -2.31. The molecule has 1 saturated heterocycles. The van der Waals surface area contributed by atoms with Gasteiger partial charge in [-0.05, 0) is 37.5 Å². The molecule has 1 aliphatic heterocycles. The van der Waals surface area contributed by atoms with Gasteiger partial charge >= 0.3 is 6.18 Å². The molecule has 146 valence electrons. The van der Waals surface area contributed by atoms with E-state index < -0.39 is 46.0 Å². The Labute approximate surface area is 149 Å². The first kappa shape index (κ1) is 20.6. The van der Waals surface area contributed by atoms with E-state index in [1.807, 2.05) is 0 Å². The number of benzene rings is 1. The second-order valence-corrected chi connectivity index (χ2v) is 8.37. The van der Waals surface area contributed by atoms with Crippen molar-refractivity contribution >= 4 is 15.9 Å². The molecule has 1 atom stereocenters. The van der Waals surface area contributed by atoms with Gasteiger partial charge in [-0.1, -0.05) is 6.07 Å². The lowest BCUT2D eigenvalue weighted by Crippen LogP contribution is -2.45. The number of carbonyl (C=O) groups is 1. The highest BCUT2D eigenvalue weighted by molar-refractivity contribution is 7.89. The molecular formula is C16H20F4N2O3S. The molecule has 1 N–H and O–H groups in total. The molecule has 10 heteroatoms.